The second-order valence-electron chi connectivity index (χ2n) is 10.2. The van der Waals surface area contributed by atoms with Crippen LogP contribution in [0.2, 0.25) is 0 Å². The average molecular weight is 447 g/mol. The summed E-state index contributed by atoms with van der Waals surface area (Å²) in [5.41, 5.74) is 1.93. The molecule has 1 aliphatic carbocycles. The molecule has 2 fully saturated rings. The van der Waals surface area contributed by atoms with E-state index in [-0.39, 0.29) is 16.6 Å². The molecule has 1 aromatic carbocycles. The summed E-state index contributed by atoms with van der Waals surface area (Å²) in [6.07, 6.45) is 3.62. The molecule has 170 valence electrons. The number of benzene rings is 1. The Morgan fingerprint density at radius 1 is 1.03 bits per heavy atom. The topological polar surface area (TPSA) is 66.9 Å². The number of hydrogen-bond donors (Lipinski definition) is 0. The first-order valence-electron chi connectivity index (χ1n) is 11.2. The summed E-state index contributed by atoms with van der Waals surface area (Å²) in [5.74, 6) is 0.168. The maximum atomic E-state index is 13.5. The van der Waals surface area contributed by atoms with Crippen molar-refractivity contribution in [1.82, 2.24) is 9.21 Å². The lowest BCUT2D eigenvalue weighted by molar-refractivity contribution is -0.116. The molecule has 3 aliphatic rings. The number of fused-ring (bicyclic) bond motifs is 1. The van der Waals surface area contributed by atoms with Gasteiger partial charge in [0.1, 0.15) is 0 Å². The van der Waals surface area contributed by atoms with E-state index in [1.165, 1.54) is 0 Å². The maximum absolute atomic E-state index is 13.5. The van der Waals surface area contributed by atoms with Gasteiger partial charge in [0.15, 0.2) is 5.78 Å². The standard InChI is InChI=1S/C24H34N2O4S/c1-23(2,3)19-4-6-22(7-5-19)31(28,29)26-11-9-20-16-21(27)8-10-24(20,18-26)17-25-12-14-30-15-13-25/h4-7,16H,8-15,17-18H2,1-3H3/t24-/m0/s1. The van der Waals surface area contributed by atoms with E-state index in [0.29, 0.717) is 50.5 Å². The Morgan fingerprint density at radius 3 is 2.35 bits per heavy atom. The Morgan fingerprint density at radius 2 is 1.71 bits per heavy atom. The van der Waals surface area contributed by atoms with Gasteiger partial charge in [-0.3, -0.25) is 9.69 Å². The second-order valence-corrected chi connectivity index (χ2v) is 12.1. The predicted octanol–water partition coefficient (Wildman–Crippen LogP) is 2.99. The molecule has 0 unspecified atom stereocenters. The number of ether oxygens (including phenoxy) is 1. The van der Waals surface area contributed by atoms with Gasteiger partial charge in [-0.2, -0.15) is 4.31 Å². The number of carbonyl (C=O) groups is 1. The lowest BCUT2D eigenvalue weighted by Crippen LogP contribution is -2.54. The molecule has 0 amide bonds. The van der Waals surface area contributed by atoms with Gasteiger partial charge >= 0.3 is 0 Å². The van der Waals surface area contributed by atoms with E-state index in [1.807, 2.05) is 12.1 Å². The predicted molar refractivity (Wildman–Crippen MR) is 121 cm³/mol. The zero-order chi connectivity index (χ0) is 22.3. The van der Waals surface area contributed by atoms with Gasteiger partial charge in [0, 0.05) is 44.6 Å². The largest absolute Gasteiger partial charge is 0.379 e. The second kappa shape index (κ2) is 8.43. The molecule has 1 aromatic rings. The molecule has 0 aromatic heterocycles. The highest BCUT2D eigenvalue weighted by atomic mass is 32.2. The van der Waals surface area contributed by atoms with Crippen molar-refractivity contribution >= 4 is 15.8 Å². The third kappa shape index (κ3) is 4.65. The molecular weight excluding hydrogens is 412 g/mol. The summed E-state index contributed by atoms with van der Waals surface area (Å²) in [5, 5.41) is 0. The normalized spacial score (nSPS) is 26.4. The molecular formula is C24H34N2O4S. The molecule has 31 heavy (non-hydrogen) atoms. The van der Waals surface area contributed by atoms with Crippen molar-refractivity contribution in [3.8, 4) is 0 Å². The van der Waals surface area contributed by atoms with E-state index >= 15 is 0 Å². The number of rotatable bonds is 4. The number of nitrogens with zero attached hydrogens (tertiary/aromatic N) is 2. The molecule has 6 nitrogen and oxygen atoms in total. The van der Waals surface area contributed by atoms with Crippen LogP contribution < -0.4 is 0 Å². The van der Waals surface area contributed by atoms with Gasteiger partial charge in [-0.05, 0) is 42.0 Å². The SMILES string of the molecule is CC(C)(C)c1ccc(S(=O)(=O)N2CCC3=CC(=O)CC[C@]3(CN3CCOCC3)C2)cc1. The fourth-order valence-electron chi connectivity index (χ4n) is 5.02. The van der Waals surface area contributed by atoms with Crippen LogP contribution in [0.5, 0.6) is 0 Å². The first kappa shape index (κ1) is 22.6. The highest BCUT2D eigenvalue weighted by Crippen LogP contribution is 2.44. The monoisotopic (exact) mass is 446 g/mol. The molecule has 2 heterocycles. The molecule has 2 aliphatic heterocycles. The highest BCUT2D eigenvalue weighted by molar-refractivity contribution is 7.89. The minimum absolute atomic E-state index is 0.0238. The lowest BCUT2D eigenvalue weighted by Gasteiger charge is -2.48. The van der Waals surface area contributed by atoms with E-state index in [1.54, 1.807) is 22.5 Å². The van der Waals surface area contributed by atoms with Crippen molar-refractivity contribution in [3.05, 3.63) is 41.5 Å². The Kier molecular flexibility index (Phi) is 6.16. The molecule has 2 saturated heterocycles. The van der Waals surface area contributed by atoms with Crippen molar-refractivity contribution in [2.45, 2.75) is 50.3 Å². The summed E-state index contributed by atoms with van der Waals surface area (Å²) < 4.78 is 34.2. The van der Waals surface area contributed by atoms with Gasteiger partial charge in [-0.1, -0.05) is 38.5 Å². The van der Waals surface area contributed by atoms with Crippen molar-refractivity contribution in [1.29, 1.82) is 0 Å². The Hall–Kier alpha value is -1.54. The number of sulfonamides is 1. The van der Waals surface area contributed by atoms with Gasteiger partial charge in [-0.25, -0.2) is 8.42 Å². The van der Waals surface area contributed by atoms with Crippen LogP contribution in [0.15, 0.2) is 40.8 Å². The third-order valence-corrected chi connectivity index (χ3v) is 8.82. The van der Waals surface area contributed by atoms with Gasteiger partial charge in [0.05, 0.1) is 18.1 Å². The third-order valence-electron chi connectivity index (χ3n) is 6.96. The number of carbonyl (C=O) groups excluding carboxylic acids is 1. The number of hydrogen-bond acceptors (Lipinski definition) is 5. The van der Waals surface area contributed by atoms with Crippen LogP contribution >= 0.6 is 0 Å². The fourth-order valence-corrected chi connectivity index (χ4v) is 6.55. The van der Waals surface area contributed by atoms with Crippen LogP contribution in [0.3, 0.4) is 0 Å². The van der Waals surface area contributed by atoms with Crippen LogP contribution in [0.4, 0.5) is 0 Å². The van der Waals surface area contributed by atoms with Crippen LogP contribution in [0.25, 0.3) is 0 Å². The molecule has 4 rings (SSSR count). The Bertz CT molecular complexity index is 956. The quantitative estimate of drug-likeness (QED) is 0.711. The summed E-state index contributed by atoms with van der Waals surface area (Å²) >= 11 is 0. The number of allylic oxidation sites excluding steroid dienone is 1. The zero-order valence-corrected chi connectivity index (χ0v) is 19.7. The minimum atomic E-state index is -3.59. The molecule has 0 radical (unpaired) electrons. The van der Waals surface area contributed by atoms with Gasteiger partial charge in [-0.15, -0.1) is 0 Å². The minimum Gasteiger partial charge on any atom is -0.379 e. The van der Waals surface area contributed by atoms with E-state index in [9.17, 15) is 13.2 Å². The molecule has 0 bridgehead atoms. The summed E-state index contributed by atoms with van der Waals surface area (Å²) in [6, 6.07) is 7.32. The van der Waals surface area contributed by atoms with Crippen LogP contribution in [-0.2, 0) is 25.0 Å². The molecule has 0 N–H and O–H groups in total. The van der Waals surface area contributed by atoms with Crippen LogP contribution in [-0.4, -0.2) is 69.3 Å². The molecule has 0 saturated carbocycles. The van der Waals surface area contributed by atoms with Crippen molar-refractivity contribution in [2.24, 2.45) is 5.41 Å². The summed E-state index contributed by atoms with van der Waals surface area (Å²) in [4.78, 5) is 14.8. The maximum Gasteiger partial charge on any atom is 0.243 e. The van der Waals surface area contributed by atoms with Crippen LogP contribution in [0, 0.1) is 5.41 Å². The first-order chi connectivity index (χ1) is 14.6. The highest BCUT2D eigenvalue weighted by Gasteiger charge is 2.46. The zero-order valence-electron chi connectivity index (χ0n) is 18.9. The van der Waals surface area contributed by atoms with E-state index in [0.717, 1.165) is 30.8 Å². The Labute approximate surface area is 186 Å². The smallest absolute Gasteiger partial charge is 0.243 e. The van der Waals surface area contributed by atoms with Gasteiger partial charge in [0.25, 0.3) is 0 Å². The van der Waals surface area contributed by atoms with Gasteiger partial charge < -0.3 is 4.74 Å². The van der Waals surface area contributed by atoms with E-state index < -0.39 is 10.0 Å². The number of ketones is 1. The summed E-state index contributed by atoms with van der Waals surface area (Å²) in [6.45, 7) is 11.1. The van der Waals surface area contributed by atoms with Crippen molar-refractivity contribution in [3.63, 3.8) is 0 Å². The number of morpholine rings is 1. The lowest BCUT2D eigenvalue weighted by atomic mass is 9.68. The fraction of sp³-hybridized carbons (Fsp3) is 0.625. The molecule has 0 spiro atoms. The molecule has 7 heteroatoms. The van der Waals surface area contributed by atoms with E-state index in [2.05, 4.69) is 25.7 Å². The number of piperidine rings is 1. The first-order valence-corrected chi connectivity index (χ1v) is 12.7. The average Bonchev–Trinajstić information content (AvgIpc) is 2.74. The molecule has 1 atom stereocenters. The van der Waals surface area contributed by atoms with Crippen LogP contribution in [0.1, 0.15) is 45.6 Å². The van der Waals surface area contributed by atoms with E-state index in [4.69, 9.17) is 4.74 Å². The summed E-state index contributed by atoms with van der Waals surface area (Å²) in [7, 11) is -3.59. The van der Waals surface area contributed by atoms with Crippen molar-refractivity contribution in [2.75, 3.05) is 45.9 Å². The van der Waals surface area contributed by atoms with Crippen molar-refractivity contribution < 1.29 is 17.9 Å². The Balaban J connectivity index is 1.61. The van der Waals surface area contributed by atoms with Gasteiger partial charge in [0.2, 0.25) is 10.0 Å².